The fourth-order valence-electron chi connectivity index (χ4n) is 2.56. The molecule has 3 heteroatoms. The number of ether oxygens (including phenoxy) is 1. The van der Waals surface area contributed by atoms with E-state index >= 15 is 0 Å². The molecule has 1 aromatic rings. The van der Waals surface area contributed by atoms with Crippen molar-refractivity contribution in [2.75, 3.05) is 6.54 Å². The molecule has 0 heterocycles. The minimum atomic E-state index is -0.236. The van der Waals surface area contributed by atoms with Crippen LogP contribution in [0.1, 0.15) is 51.0 Å². The second-order valence-corrected chi connectivity index (χ2v) is 5.28. The predicted octanol–water partition coefficient (Wildman–Crippen LogP) is 4.04. The second-order valence-electron chi connectivity index (χ2n) is 5.28. The van der Waals surface area contributed by atoms with Crippen LogP contribution >= 0.6 is 0 Å². The van der Waals surface area contributed by atoms with Crippen molar-refractivity contribution in [2.45, 2.75) is 58.1 Å². The van der Waals surface area contributed by atoms with E-state index in [1.807, 2.05) is 13.0 Å². The zero-order chi connectivity index (χ0) is 13.5. The van der Waals surface area contributed by atoms with Gasteiger partial charge in [0.15, 0.2) is 11.6 Å². The summed E-state index contributed by atoms with van der Waals surface area (Å²) in [5, 5.41) is 3.19. The maximum atomic E-state index is 14.0. The van der Waals surface area contributed by atoms with Crippen LogP contribution in [0.2, 0.25) is 0 Å². The van der Waals surface area contributed by atoms with Gasteiger partial charge in [-0.25, -0.2) is 4.39 Å². The van der Waals surface area contributed by atoms with E-state index in [-0.39, 0.29) is 11.9 Å². The Morgan fingerprint density at radius 1 is 1.21 bits per heavy atom. The summed E-state index contributed by atoms with van der Waals surface area (Å²) in [6.07, 6.45) is 7.26. The van der Waals surface area contributed by atoms with Gasteiger partial charge in [0.2, 0.25) is 0 Å². The number of benzene rings is 1. The smallest absolute Gasteiger partial charge is 0.165 e. The van der Waals surface area contributed by atoms with Crippen LogP contribution in [0, 0.1) is 5.82 Å². The molecule has 0 aromatic heterocycles. The molecule has 0 amide bonds. The zero-order valence-electron chi connectivity index (χ0n) is 11.8. The first-order chi connectivity index (χ1) is 9.29. The average Bonchev–Trinajstić information content (AvgIpc) is 2.68. The van der Waals surface area contributed by atoms with Gasteiger partial charge in [0, 0.05) is 6.54 Å². The first kappa shape index (κ1) is 14.3. The zero-order valence-corrected chi connectivity index (χ0v) is 11.8. The third-order valence-corrected chi connectivity index (χ3v) is 3.67. The van der Waals surface area contributed by atoms with Crippen LogP contribution in [0.5, 0.6) is 5.75 Å². The van der Waals surface area contributed by atoms with Crippen molar-refractivity contribution in [1.29, 1.82) is 0 Å². The van der Waals surface area contributed by atoms with E-state index in [4.69, 9.17) is 4.74 Å². The second kappa shape index (κ2) is 7.49. The summed E-state index contributed by atoms with van der Waals surface area (Å²) >= 11 is 0. The Hall–Kier alpha value is -1.09. The molecule has 0 atom stereocenters. The van der Waals surface area contributed by atoms with Crippen molar-refractivity contribution in [1.82, 2.24) is 5.32 Å². The molecular weight excluding hydrogens is 241 g/mol. The molecule has 19 heavy (non-hydrogen) atoms. The van der Waals surface area contributed by atoms with Gasteiger partial charge >= 0.3 is 0 Å². The van der Waals surface area contributed by atoms with Crippen molar-refractivity contribution in [3.8, 4) is 5.75 Å². The molecule has 1 aromatic carbocycles. The molecule has 0 aliphatic heterocycles. The Bertz CT molecular complexity index is 386. The molecule has 0 radical (unpaired) electrons. The van der Waals surface area contributed by atoms with Crippen LogP contribution in [0.15, 0.2) is 18.2 Å². The molecule has 2 nitrogen and oxygen atoms in total. The van der Waals surface area contributed by atoms with Gasteiger partial charge in [0.05, 0.1) is 6.10 Å². The Balaban J connectivity index is 1.95. The maximum Gasteiger partial charge on any atom is 0.165 e. The summed E-state index contributed by atoms with van der Waals surface area (Å²) in [6.45, 7) is 3.64. The molecule has 0 bridgehead atoms. The Kier molecular flexibility index (Phi) is 5.64. The van der Waals surface area contributed by atoms with Crippen molar-refractivity contribution in [3.63, 3.8) is 0 Å². The van der Waals surface area contributed by atoms with Crippen LogP contribution < -0.4 is 10.1 Å². The van der Waals surface area contributed by atoms with E-state index in [0.29, 0.717) is 12.3 Å². The molecule has 106 valence electrons. The van der Waals surface area contributed by atoms with E-state index < -0.39 is 0 Å². The fourth-order valence-corrected chi connectivity index (χ4v) is 2.56. The lowest BCUT2D eigenvalue weighted by Gasteiger charge is -2.17. The van der Waals surface area contributed by atoms with Gasteiger partial charge in [-0.3, -0.25) is 0 Å². The summed E-state index contributed by atoms with van der Waals surface area (Å²) in [6, 6.07) is 5.29. The third kappa shape index (κ3) is 4.50. The van der Waals surface area contributed by atoms with Gasteiger partial charge in [-0.05, 0) is 49.9 Å². The first-order valence-corrected chi connectivity index (χ1v) is 7.45. The average molecular weight is 265 g/mol. The lowest BCUT2D eigenvalue weighted by Crippen LogP contribution is -2.16. The van der Waals surface area contributed by atoms with Gasteiger partial charge in [0.1, 0.15) is 0 Å². The molecule has 1 saturated carbocycles. The molecule has 0 saturated heterocycles. The fraction of sp³-hybridized carbons (Fsp3) is 0.625. The number of hydrogen-bond acceptors (Lipinski definition) is 2. The van der Waals surface area contributed by atoms with Crippen molar-refractivity contribution < 1.29 is 9.13 Å². The van der Waals surface area contributed by atoms with Crippen molar-refractivity contribution in [2.24, 2.45) is 0 Å². The Morgan fingerprint density at radius 2 is 1.95 bits per heavy atom. The van der Waals surface area contributed by atoms with E-state index in [1.165, 1.54) is 25.7 Å². The van der Waals surface area contributed by atoms with Crippen molar-refractivity contribution >= 4 is 0 Å². The van der Waals surface area contributed by atoms with Gasteiger partial charge in [0.25, 0.3) is 0 Å². The van der Waals surface area contributed by atoms with Crippen LogP contribution in [-0.4, -0.2) is 12.6 Å². The molecule has 1 fully saturated rings. The summed E-state index contributed by atoms with van der Waals surface area (Å²) in [5.41, 5.74) is 0.965. The summed E-state index contributed by atoms with van der Waals surface area (Å²) in [7, 11) is 0. The van der Waals surface area contributed by atoms with E-state index in [0.717, 1.165) is 24.9 Å². The number of halogens is 1. The standard InChI is InChI=1S/C16H24FNO/c1-2-18-12-13-9-10-16(15(17)11-13)19-14-7-5-3-4-6-8-14/h9-11,14,18H,2-8,12H2,1H3. The highest BCUT2D eigenvalue weighted by molar-refractivity contribution is 5.29. The summed E-state index contributed by atoms with van der Waals surface area (Å²) < 4.78 is 19.8. The lowest BCUT2D eigenvalue weighted by molar-refractivity contribution is 0.176. The first-order valence-electron chi connectivity index (χ1n) is 7.45. The molecule has 1 N–H and O–H groups in total. The maximum absolute atomic E-state index is 14.0. The van der Waals surface area contributed by atoms with Gasteiger partial charge in [-0.1, -0.05) is 25.8 Å². The topological polar surface area (TPSA) is 21.3 Å². The Labute approximate surface area is 115 Å². The normalized spacial score (nSPS) is 17.2. The molecular formula is C16H24FNO. The van der Waals surface area contributed by atoms with Crippen LogP contribution in [0.3, 0.4) is 0 Å². The summed E-state index contributed by atoms with van der Waals surface area (Å²) in [5.74, 6) is 0.173. The molecule has 0 unspecified atom stereocenters. The van der Waals surface area contributed by atoms with E-state index in [9.17, 15) is 4.39 Å². The molecule has 0 spiro atoms. The Morgan fingerprint density at radius 3 is 2.58 bits per heavy atom. The number of nitrogens with one attached hydrogen (secondary N) is 1. The van der Waals surface area contributed by atoms with E-state index in [2.05, 4.69) is 5.32 Å². The molecule has 2 rings (SSSR count). The monoisotopic (exact) mass is 265 g/mol. The highest BCUT2D eigenvalue weighted by Gasteiger charge is 2.15. The van der Waals surface area contributed by atoms with Crippen LogP contribution in [-0.2, 0) is 6.54 Å². The largest absolute Gasteiger partial charge is 0.487 e. The SMILES string of the molecule is CCNCc1ccc(OC2CCCCCC2)c(F)c1. The van der Waals surface area contributed by atoms with Gasteiger partial charge in [-0.15, -0.1) is 0 Å². The van der Waals surface area contributed by atoms with Gasteiger partial charge < -0.3 is 10.1 Å². The van der Waals surface area contributed by atoms with Gasteiger partial charge in [-0.2, -0.15) is 0 Å². The minimum absolute atomic E-state index is 0.191. The third-order valence-electron chi connectivity index (χ3n) is 3.67. The highest BCUT2D eigenvalue weighted by Crippen LogP contribution is 2.25. The minimum Gasteiger partial charge on any atom is -0.487 e. The number of hydrogen-bond donors (Lipinski definition) is 1. The van der Waals surface area contributed by atoms with Crippen molar-refractivity contribution in [3.05, 3.63) is 29.6 Å². The predicted molar refractivity (Wildman–Crippen MR) is 75.9 cm³/mol. The van der Waals surface area contributed by atoms with Crippen LogP contribution in [0.25, 0.3) is 0 Å². The quantitative estimate of drug-likeness (QED) is 0.811. The number of rotatable bonds is 5. The summed E-state index contributed by atoms with van der Waals surface area (Å²) in [4.78, 5) is 0. The lowest BCUT2D eigenvalue weighted by atomic mass is 10.1. The molecule has 1 aliphatic carbocycles. The highest BCUT2D eigenvalue weighted by atomic mass is 19.1. The van der Waals surface area contributed by atoms with Crippen LogP contribution in [0.4, 0.5) is 4.39 Å². The van der Waals surface area contributed by atoms with E-state index in [1.54, 1.807) is 12.1 Å². The molecule has 1 aliphatic rings.